The van der Waals surface area contributed by atoms with Crippen LogP contribution in [-0.2, 0) is 23.2 Å². The molecule has 7 heteroatoms. The second-order valence-electron chi connectivity index (χ2n) is 10.5. The molecule has 0 aromatic rings. The van der Waals surface area contributed by atoms with Gasteiger partial charge in [0.2, 0.25) is 0 Å². The Morgan fingerprint density at radius 2 is 1.50 bits per heavy atom. The first kappa shape index (κ1) is 33.3. The number of Topliss-reactive ketones (excluding diaryl/α,β-unsaturated/α-hetero) is 1. The average Bonchev–Trinajstić information content (AvgIpc) is 3.17. The highest BCUT2D eigenvalue weighted by Gasteiger charge is 2.46. The van der Waals surface area contributed by atoms with Crippen molar-refractivity contribution in [2.45, 2.75) is 142 Å². The van der Waals surface area contributed by atoms with Crippen LogP contribution in [0.3, 0.4) is 0 Å². The second-order valence-corrected chi connectivity index (χ2v) is 20.0. The first-order valence-electron chi connectivity index (χ1n) is 14.9. The van der Waals surface area contributed by atoms with Crippen molar-refractivity contribution in [1.82, 2.24) is 0 Å². The molecule has 0 bridgehead atoms. The van der Waals surface area contributed by atoms with Crippen LogP contribution >= 0.6 is 0 Å². The van der Waals surface area contributed by atoms with E-state index in [9.17, 15) is 9.59 Å². The Morgan fingerprint density at radius 3 is 2.00 bits per heavy atom. The van der Waals surface area contributed by atoms with Gasteiger partial charge in [0.1, 0.15) is 5.78 Å². The summed E-state index contributed by atoms with van der Waals surface area (Å²) in [4.78, 5) is 25.6. The number of carbonyl (C=O) groups excluding carboxylic acids is 2. The quantitative estimate of drug-likeness (QED) is 0.0717. The zero-order chi connectivity index (χ0) is 27.2. The lowest BCUT2D eigenvalue weighted by Gasteiger charge is -2.34. The van der Waals surface area contributed by atoms with Gasteiger partial charge in [0, 0.05) is 18.3 Å². The Balaban J connectivity index is 3.30. The lowest BCUT2D eigenvalue weighted by molar-refractivity contribution is -0.146. The number of hydrogen-bond acceptors (Lipinski definition) is 5. The fourth-order valence-corrected chi connectivity index (χ4v) is 11.4. The van der Waals surface area contributed by atoms with Crippen molar-refractivity contribution in [2.24, 2.45) is 11.8 Å². The van der Waals surface area contributed by atoms with Crippen molar-refractivity contribution < 1.29 is 23.2 Å². The monoisotopic (exact) mass is 540 g/mol. The van der Waals surface area contributed by atoms with Crippen molar-refractivity contribution >= 4 is 28.4 Å². The summed E-state index contributed by atoms with van der Waals surface area (Å²) in [6.45, 7) is 17.8. The molecule has 0 amide bonds. The normalized spacial score (nSPS) is 21.9. The molecule has 1 aliphatic carbocycles. The Kier molecular flexibility index (Phi) is 15.7. The van der Waals surface area contributed by atoms with Crippen LogP contribution in [0.15, 0.2) is 12.2 Å². The summed E-state index contributed by atoms with van der Waals surface area (Å²) in [5, 5.41) is 0. The molecule has 1 aliphatic rings. The standard InChI is InChI=1S/C29H56O5Si2/c1-9-17-18-19-24(33-35(11-3,12-4)13-5)20-21-25-26(22-29(31)32-10-2)27(30)23-28(25)34-36(14-6,15-7)16-8/h20-21,24-26,28H,9-19,22-23H2,1-8H3/b21-20+/t24-,25+,26+,28+/m0/s1. The summed E-state index contributed by atoms with van der Waals surface area (Å²) in [6, 6.07) is 6.50. The molecule has 0 spiro atoms. The van der Waals surface area contributed by atoms with E-state index in [0.717, 1.165) is 49.1 Å². The number of esters is 1. The molecule has 0 aliphatic heterocycles. The first-order chi connectivity index (χ1) is 17.2. The number of unbranched alkanes of at least 4 members (excludes halogenated alkanes) is 2. The van der Waals surface area contributed by atoms with Crippen LogP contribution in [-0.4, -0.2) is 47.2 Å². The molecule has 0 saturated heterocycles. The van der Waals surface area contributed by atoms with Gasteiger partial charge in [0.25, 0.3) is 0 Å². The van der Waals surface area contributed by atoms with Crippen LogP contribution in [0.5, 0.6) is 0 Å². The van der Waals surface area contributed by atoms with Crippen LogP contribution < -0.4 is 0 Å². The summed E-state index contributed by atoms with van der Waals surface area (Å²) in [7, 11) is -3.68. The van der Waals surface area contributed by atoms with Crippen molar-refractivity contribution in [3.8, 4) is 0 Å². The number of hydrogen-bond donors (Lipinski definition) is 0. The van der Waals surface area contributed by atoms with Gasteiger partial charge in [-0.05, 0) is 49.6 Å². The maximum atomic E-state index is 13.2. The molecular weight excluding hydrogens is 484 g/mol. The predicted molar refractivity (Wildman–Crippen MR) is 155 cm³/mol. The second kappa shape index (κ2) is 16.9. The molecule has 4 atom stereocenters. The molecule has 0 N–H and O–H groups in total. The molecule has 1 saturated carbocycles. The minimum atomic E-state index is -1.90. The van der Waals surface area contributed by atoms with Crippen molar-refractivity contribution in [3.63, 3.8) is 0 Å². The maximum absolute atomic E-state index is 13.2. The third-order valence-corrected chi connectivity index (χ3v) is 18.0. The van der Waals surface area contributed by atoms with Gasteiger partial charge in [-0.1, -0.05) is 79.9 Å². The van der Waals surface area contributed by atoms with Crippen molar-refractivity contribution in [3.05, 3.63) is 12.2 Å². The highest BCUT2D eigenvalue weighted by molar-refractivity contribution is 6.74. The van der Waals surface area contributed by atoms with E-state index in [-0.39, 0.29) is 42.2 Å². The van der Waals surface area contributed by atoms with Crippen LogP contribution in [0, 0.1) is 11.8 Å². The van der Waals surface area contributed by atoms with E-state index >= 15 is 0 Å². The SMILES string of the molecule is CCCCC[C@@H](/C=C/[C@H]1[C@H](O[Si](CC)(CC)CC)CC(=O)[C@@H]1CC(=O)OCC)O[Si](CC)(CC)CC. The van der Waals surface area contributed by atoms with Gasteiger partial charge in [-0.3, -0.25) is 9.59 Å². The molecule has 0 aromatic heterocycles. The Bertz CT molecular complexity index is 656. The maximum Gasteiger partial charge on any atom is 0.306 e. The number of rotatable bonds is 19. The van der Waals surface area contributed by atoms with E-state index in [2.05, 4.69) is 60.6 Å². The molecule has 0 unspecified atom stereocenters. The molecule has 210 valence electrons. The highest BCUT2D eigenvalue weighted by atomic mass is 28.4. The van der Waals surface area contributed by atoms with Crippen LogP contribution in [0.1, 0.15) is 93.9 Å². The van der Waals surface area contributed by atoms with Gasteiger partial charge in [-0.15, -0.1) is 0 Å². The van der Waals surface area contributed by atoms with E-state index in [1.165, 1.54) is 12.8 Å². The van der Waals surface area contributed by atoms with Gasteiger partial charge in [0.05, 0.1) is 25.2 Å². The highest BCUT2D eigenvalue weighted by Crippen LogP contribution is 2.39. The van der Waals surface area contributed by atoms with Crippen LogP contribution in [0.25, 0.3) is 0 Å². The summed E-state index contributed by atoms with van der Waals surface area (Å²) >= 11 is 0. The smallest absolute Gasteiger partial charge is 0.306 e. The topological polar surface area (TPSA) is 61.8 Å². The fourth-order valence-electron chi connectivity index (χ4n) is 5.67. The number of ether oxygens (including phenoxy) is 1. The third kappa shape index (κ3) is 9.52. The van der Waals surface area contributed by atoms with E-state index in [4.69, 9.17) is 13.6 Å². The minimum Gasteiger partial charge on any atom is -0.466 e. The van der Waals surface area contributed by atoms with Gasteiger partial charge in [-0.2, -0.15) is 0 Å². The molecule has 0 aromatic carbocycles. The summed E-state index contributed by atoms with van der Waals surface area (Å²) < 4.78 is 19.0. The molecule has 36 heavy (non-hydrogen) atoms. The summed E-state index contributed by atoms with van der Waals surface area (Å²) in [5.74, 6) is -0.622. The minimum absolute atomic E-state index is 0.0631. The lowest BCUT2D eigenvalue weighted by Crippen LogP contribution is -2.41. The van der Waals surface area contributed by atoms with E-state index < -0.39 is 16.6 Å². The molecule has 5 nitrogen and oxygen atoms in total. The van der Waals surface area contributed by atoms with Crippen molar-refractivity contribution in [2.75, 3.05) is 6.61 Å². The molecule has 1 rings (SSSR count). The Hall–Kier alpha value is -0.766. The Morgan fingerprint density at radius 1 is 0.917 bits per heavy atom. The fraction of sp³-hybridized carbons (Fsp3) is 0.862. The number of carbonyl (C=O) groups is 2. The van der Waals surface area contributed by atoms with Crippen LogP contribution in [0.2, 0.25) is 36.3 Å². The average molecular weight is 541 g/mol. The van der Waals surface area contributed by atoms with Crippen LogP contribution in [0.4, 0.5) is 0 Å². The molecule has 1 fully saturated rings. The number of ketones is 1. The van der Waals surface area contributed by atoms with Gasteiger partial charge < -0.3 is 13.6 Å². The van der Waals surface area contributed by atoms with Crippen molar-refractivity contribution in [1.29, 1.82) is 0 Å². The van der Waals surface area contributed by atoms with E-state index in [1.807, 2.05) is 6.92 Å². The molecule has 0 radical (unpaired) electrons. The first-order valence-corrected chi connectivity index (χ1v) is 20.0. The largest absolute Gasteiger partial charge is 0.466 e. The van der Waals surface area contributed by atoms with E-state index in [1.54, 1.807) is 0 Å². The van der Waals surface area contributed by atoms with Gasteiger partial charge in [0.15, 0.2) is 16.6 Å². The molecule has 0 heterocycles. The Labute approximate surface area is 224 Å². The van der Waals surface area contributed by atoms with Gasteiger partial charge >= 0.3 is 5.97 Å². The lowest BCUT2D eigenvalue weighted by atomic mass is 9.90. The van der Waals surface area contributed by atoms with E-state index in [0.29, 0.717) is 13.0 Å². The summed E-state index contributed by atoms with van der Waals surface area (Å²) in [6.07, 6.45) is 9.39. The zero-order valence-corrected chi connectivity index (χ0v) is 26.7. The van der Waals surface area contributed by atoms with Gasteiger partial charge in [-0.25, -0.2) is 0 Å². The molecular formula is C29H56O5Si2. The zero-order valence-electron chi connectivity index (χ0n) is 24.7. The predicted octanol–water partition coefficient (Wildman–Crippen LogP) is 8.06. The summed E-state index contributed by atoms with van der Waals surface area (Å²) in [5.41, 5.74) is 0. The third-order valence-electron chi connectivity index (χ3n) is 8.71.